The van der Waals surface area contributed by atoms with Crippen LogP contribution in [0.1, 0.15) is 32.8 Å². The lowest BCUT2D eigenvalue weighted by molar-refractivity contribution is -0.631. The number of carbonyl (C=O) groups is 1. The Morgan fingerprint density at radius 2 is 2.00 bits per heavy atom. The summed E-state index contributed by atoms with van der Waals surface area (Å²) in [4.78, 5) is 32.1. The first kappa shape index (κ1) is 18.4. The maximum atomic E-state index is 12.7. The normalized spacial score (nSPS) is 38.6. The van der Waals surface area contributed by atoms with E-state index in [2.05, 4.69) is 24.2 Å². The molecule has 2 fully saturated rings. The summed E-state index contributed by atoms with van der Waals surface area (Å²) in [5.41, 5.74) is 4.87. The maximum absolute atomic E-state index is 12.7. The van der Waals surface area contributed by atoms with Crippen LogP contribution in [0.25, 0.3) is 0 Å². The third-order valence-electron chi connectivity index (χ3n) is 5.99. The number of nitrogens with zero attached hydrogens (tertiary/aromatic N) is 3. The Bertz CT molecular complexity index is 786. The number of nitrogens with one attached hydrogen (secondary N) is 1. The van der Waals surface area contributed by atoms with Gasteiger partial charge in [-0.05, 0) is 18.4 Å². The molecule has 7 nitrogen and oxygen atoms in total. The molecule has 8 heteroatoms. The van der Waals surface area contributed by atoms with Gasteiger partial charge in [0.05, 0.1) is 16.7 Å². The summed E-state index contributed by atoms with van der Waals surface area (Å²) in [5.74, 6) is -0.425. The molecular formula is C19H25N4O3S+. The highest BCUT2D eigenvalue weighted by Crippen LogP contribution is 2.49. The minimum Gasteiger partial charge on any atom is -0.481 e. The molecule has 2 N–H and O–H groups in total. The van der Waals surface area contributed by atoms with Gasteiger partial charge in [-0.15, -0.1) is 17.2 Å². The van der Waals surface area contributed by atoms with Crippen molar-refractivity contribution in [3.05, 3.63) is 40.8 Å². The molecule has 3 heterocycles. The Labute approximate surface area is 162 Å². The average molecular weight is 390 g/mol. The van der Waals surface area contributed by atoms with Crippen LogP contribution < -0.4 is 5.43 Å². The van der Waals surface area contributed by atoms with Gasteiger partial charge >= 0.3 is 12.1 Å². The van der Waals surface area contributed by atoms with E-state index in [-0.39, 0.29) is 23.9 Å². The van der Waals surface area contributed by atoms with Crippen LogP contribution in [0.5, 0.6) is 0 Å². The van der Waals surface area contributed by atoms with Crippen LogP contribution in [-0.4, -0.2) is 55.6 Å². The van der Waals surface area contributed by atoms with Gasteiger partial charge in [-0.25, -0.2) is 0 Å². The molecule has 0 radical (unpaired) electrons. The molecule has 144 valence electrons. The summed E-state index contributed by atoms with van der Waals surface area (Å²) in [6.07, 6.45) is -0.944. The number of fused-ring (bicyclic) bond motifs is 3. The van der Waals surface area contributed by atoms with E-state index in [1.54, 1.807) is 0 Å². The molecule has 27 heavy (non-hydrogen) atoms. The zero-order chi connectivity index (χ0) is 19.3. The second-order valence-electron chi connectivity index (χ2n) is 7.65. The van der Waals surface area contributed by atoms with Crippen molar-refractivity contribution in [1.82, 2.24) is 10.3 Å². The van der Waals surface area contributed by atoms with E-state index < -0.39 is 18.2 Å². The molecule has 0 saturated carbocycles. The van der Waals surface area contributed by atoms with Gasteiger partial charge in [-0.1, -0.05) is 44.2 Å². The van der Waals surface area contributed by atoms with Gasteiger partial charge in [0.15, 0.2) is 0 Å². The number of carboxylic acid groups (broad SMARTS) is 1. The van der Waals surface area contributed by atoms with E-state index in [1.165, 1.54) is 0 Å². The number of aliphatic carboxylic acids is 1. The van der Waals surface area contributed by atoms with Crippen molar-refractivity contribution in [3.63, 3.8) is 0 Å². The fourth-order valence-electron chi connectivity index (χ4n) is 4.56. The number of rotatable bonds is 3. The molecule has 0 aromatic heterocycles. The van der Waals surface area contributed by atoms with Crippen LogP contribution in [0.2, 0.25) is 0 Å². The molecule has 7 atom stereocenters. The maximum Gasteiger partial charge on any atom is 0.315 e. The van der Waals surface area contributed by atoms with Gasteiger partial charge in [0.25, 0.3) is 0 Å². The van der Waals surface area contributed by atoms with E-state index in [0.29, 0.717) is 11.2 Å². The zero-order valence-corrected chi connectivity index (χ0v) is 16.5. The van der Waals surface area contributed by atoms with Crippen LogP contribution in [0.4, 0.5) is 0 Å². The molecule has 1 aromatic carbocycles. The van der Waals surface area contributed by atoms with Crippen molar-refractivity contribution in [2.75, 3.05) is 0 Å². The zero-order valence-electron chi connectivity index (χ0n) is 15.6. The first-order chi connectivity index (χ1) is 12.9. The first-order valence-electron chi connectivity index (χ1n) is 9.39. The van der Waals surface area contributed by atoms with Crippen LogP contribution in [0.3, 0.4) is 0 Å². The number of hydrogen-bond donors (Lipinski definition) is 2. The Hall–Kier alpha value is -1.93. The van der Waals surface area contributed by atoms with Gasteiger partial charge in [0.1, 0.15) is 17.1 Å². The molecular weight excluding hydrogens is 364 g/mol. The molecule has 4 rings (SSSR count). The van der Waals surface area contributed by atoms with Crippen molar-refractivity contribution in [2.45, 2.75) is 56.2 Å². The molecule has 1 aromatic rings. The smallest absolute Gasteiger partial charge is 0.315 e. The molecule has 0 spiro atoms. The molecule has 6 unspecified atom stereocenters. The minimum absolute atomic E-state index is 0.0826. The molecule has 0 aliphatic carbocycles. The highest BCUT2D eigenvalue weighted by atomic mass is 32.2. The summed E-state index contributed by atoms with van der Waals surface area (Å²) < 4.78 is 0. The summed E-state index contributed by atoms with van der Waals surface area (Å²) in [5, 5.41) is 9.96. The number of hydrogen-bond acceptors (Lipinski definition) is 5. The predicted octanol–water partition coefficient (Wildman–Crippen LogP) is 2.32. The topological polar surface area (TPSA) is 85.0 Å². The van der Waals surface area contributed by atoms with Crippen molar-refractivity contribution < 1.29 is 14.8 Å². The number of benzene rings is 1. The van der Waals surface area contributed by atoms with Crippen molar-refractivity contribution in [3.8, 4) is 0 Å². The molecule has 3 aliphatic heterocycles. The van der Waals surface area contributed by atoms with Crippen LogP contribution >= 0.6 is 11.8 Å². The van der Waals surface area contributed by atoms with Crippen LogP contribution in [0, 0.1) is 16.7 Å². The van der Waals surface area contributed by atoms with E-state index in [4.69, 9.17) is 4.99 Å². The monoisotopic (exact) mass is 389 g/mol. The lowest BCUT2D eigenvalue weighted by atomic mass is 9.84. The summed E-state index contributed by atoms with van der Waals surface area (Å²) >= 11 is 1.86. The molecule has 2 saturated heterocycles. The SMILES string of the molecule is CC1SC2C(C(c3ccccc3)=N[C@@H](CC(=O)O)C3N2C(C)N[N+]3=O)C1C. The van der Waals surface area contributed by atoms with E-state index in [1.807, 2.05) is 49.0 Å². The van der Waals surface area contributed by atoms with E-state index >= 15 is 0 Å². The number of hydrazine groups is 1. The Kier molecular flexibility index (Phi) is 4.71. The molecule has 0 bridgehead atoms. The minimum atomic E-state index is -0.940. The molecule has 0 amide bonds. The summed E-state index contributed by atoms with van der Waals surface area (Å²) in [6, 6.07) is 9.35. The number of thioether (sulfide) groups is 1. The van der Waals surface area contributed by atoms with Crippen molar-refractivity contribution >= 4 is 23.4 Å². The van der Waals surface area contributed by atoms with Crippen molar-refractivity contribution in [1.29, 1.82) is 0 Å². The van der Waals surface area contributed by atoms with Gasteiger partial charge in [0, 0.05) is 16.9 Å². The average Bonchev–Trinajstić information content (AvgIpc) is 3.02. The van der Waals surface area contributed by atoms with Crippen LogP contribution in [0.15, 0.2) is 35.3 Å². The highest BCUT2D eigenvalue weighted by molar-refractivity contribution is 8.00. The van der Waals surface area contributed by atoms with Gasteiger partial charge in [-0.3, -0.25) is 9.79 Å². The third-order valence-corrected chi connectivity index (χ3v) is 7.66. The predicted molar refractivity (Wildman–Crippen MR) is 104 cm³/mol. The molecule has 3 aliphatic rings. The lowest BCUT2D eigenvalue weighted by Gasteiger charge is -2.29. The Morgan fingerprint density at radius 3 is 2.67 bits per heavy atom. The fraction of sp³-hybridized carbons (Fsp3) is 0.579. The van der Waals surface area contributed by atoms with Crippen LogP contribution in [-0.2, 0) is 4.79 Å². The number of nitroso groups, excluding NO2 is 1. The van der Waals surface area contributed by atoms with Gasteiger partial charge in [-0.2, -0.15) is 4.90 Å². The Morgan fingerprint density at radius 1 is 1.30 bits per heavy atom. The van der Waals surface area contributed by atoms with E-state index in [9.17, 15) is 14.8 Å². The highest BCUT2D eigenvalue weighted by Gasteiger charge is 2.60. The first-order valence-corrected chi connectivity index (χ1v) is 10.3. The van der Waals surface area contributed by atoms with Gasteiger partial charge < -0.3 is 5.11 Å². The quantitative estimate of drug-likeness (QED) is 0.772. The summed E-state index contributed by atoms with van der Waals surface area (Å²) in [7, 11) is 0. The standard InChI is InChI=1S/C19H24N4O3S/c1-10-11(2)27-19-16(10)17(13-7-5-4-6-8-13)20-14(9-15(24)25)18-22(19)12(3)21-23(18)26/h4-8,10-12,14,16,18-19H,9H2,1-3H3,(H-,21,24,25,26)/p+1/t10?,11?,12?,14-,16?,18?,19?/m0/s1. The second kappa shape index (κ2) is 6.91. The lowest BCUT2D eigenvalue weighted by Crippen LogP contribution is -2.49. The second-order valence-corrected chi connectivity index (χ2v) is 9.15. The van der Waals surface area contributed by atoms with Crippen molar-refractivity contribution in [2.24, 2.45) is 16.8 Å². The fourth-order valence-corrected chi connectivity index (χ4v) is 6.41. The third kappa shape index (κ3) is 3.04. The summed E-state index contributed by atoms with van der Waals surface area (Å²) in [6.45, 7) is 6.41. The van der Waals surface area contributed by atoms with Gasteiger partial charge in [0.2, 0.25) is 0 Å². The number of aliphatic imine (C=N–C) groups is 1. The van der Waals surface area contributed by atoms with E-state index in [0.717, 1.165) is 16.1 Å². The number of carboxylic acids is 1. The largest absolute Gasteiger partial charge is 0.481 e. The Balaban J connectivity index is 1.88.